The summed E-state index contributed by atoms with van der Waals surface area (Å²) < 4.78 is 6.01. The molecule has 0 atom stereocenters. The van der Waals surface area contributed by atoms with Crippen LogP contribution in [-0.2, 0) is 11.4 Å². The van der Waals surface area contributed by atoms with E-state index in [-0.39, 0.29) is 12.4 Å². The van der Waals surface area contributed by atoms with E-state index in [9.17, 15) is 0 Å². The largest absolute Gasteiger partial charge is 0.497 e. The van der Waals surface area contributed by atoms with Gasteiger partial charge in [0.15, 0.2) is 0 Å². The van der Waals surface area contributed by atoms with Crippen molar-refractivity contribution in [3.63, 3.8) is 0 Å². The van der Waals surface area contributed by atoms with Gasteiger partial charge in [-0.3, -0.25) is 4.84 Å². The van der Waals surface area contributed by atoms with E-state index >= 15 is 0 Å². The van der Waals surface area contributed by atoms with Gasteiger partial charge in [0.2, 0.25) is 0 Å². The van der Waals surface area contributed by atoms with Crippen molar-refractivity contribution >= 4 is 28.3 Å². The van der Waals surface area contributed by atoms with Crippen LogP contribution < -0.4 is 10.6 Å². The van der Waals surface area contributed by atoms with Crippen molar-refractivity contribution in [1.29, 1.82) is 0 Å². The topological polar surface area (TPSA) is 44.5 Å². The molecular formula is C8H11BrClNO2. The van der Waals surface area contributed by atoms with Crippen LogP contribution in [0.15, 0.2) is 22.7 Å². The second-order valence-corrected chi connectivity index (χ2v) is 3.12. The SMILES string of the molecule is COc1ccc(Br)c(CON)c1.Cl. The second kappa shape index (κ2) is 6.21. The Morgan fingerprint density at radius 1 is 1.46 bits per heavy atom. The molecule has 3 nitrogen and oxygen atoms in total. The zero-order valence-corrected chi connectivity index (χ0v) is 9.52. The van der Waals surface area contributed by atoms with Crippen molar-refractivity contribution in [3.8, 4) is 5.75 Å². The molecule has 0 spiro atoms. The highest BCUT2D eigenvalue weighted by Gasteiger charge is 2.00. The third-order valence-electron chi connectivity index (χ3n) is 1.49. The fraction of sp³-hybridized carbons (Fsp3) is 0.250. The molecule has 74 valence electrons. The van der Waals surface area contributed by atoms with Crippen molar-refractivity contribution in [2.45, 2.75) is 6.61 Å². The summed E-state index contributed by atoms with van der Waals surface area (Å²) >= 11 is 3.37. The van der Waals surface area contributed by atoms with Gasteiger partial charge in [0.25, 0.3) is 0 Å². The van der Waals surface area contributed by atoms with Crippen LogP contribution in [-0.4, -0.2) is 7.11 Å². The quantitative estimate of drug-likeness (QED) is 0.855. The summed E-state index contributed by atoms with van der Waals surface area (Å²) in [6.07, 6.45) is 0. The summed E-state index contributed by atoms with van der Waals surface area (Å²) in [7, 11) is 1.62. The first-order valence-corrected chi connectivity index (χ1v) is 4.21. The number of halogens is 2. The van der Waals surface area contributed by atoms with Crippen LogP contribution in [0.25, 0.3) is 0 Å². The number of benzene rings is 1. The molecule has 0 heterocycles. The van der Waals surface area contributed by atoms with Gasteiger partial charge in [-0.05, 0) is 23.8 Å². The fourth-order valence-electron chi connectivity index (χ4n) is 0.878. The highest BCUT2D eigenvalue weighted by molar-refractivity contribution is 9.10. The second-order valence-electron chi connectivity index (χ2n) is 2.27. The van der Waals surface area contributed by atoms with E-state index < -0.39 is 0 Å². The zero-order chi connectivity index (χ0) is 8.97. The minimum Gasteiger partial charge on any atom is -0.497 e. The minimum absolute atomic E-state index is 0. The molecule has 0 fully saturated rings. The van der Waals surface area contributed by atoms with Gasteiger partial charge < -0.3 is 4.74 Å². The van der Waals surface area contributed by atoms with Crippen molar-refractivity contribution in [3.05, 3.63) is 28.2 Å². The summed E-state index contributed by atoms with van der Waals surface area (Å²) in [6.45, 7) is 0.373. The van der Waals surface area contributed by atoms with Gasteiger partial charge >= 0.3 is 0 Å². The average molecular weight is 269 g/mol. The standard InChI is InChI=1S/C8H10BrNO2.ClH/c1-11-7-2-3-8(9)6(4-7)5-12-10;/h2-4H,5,10H2,1H3;1H. The highest BCUT2D eigenvalue weighted by Crippen LogP contribution is 2.22. The first kappa shape index (κ1) is 12.7. The van der Waals surface area contributed by atoms with Gasteiger partial charge in [0, 0.05) is 4.47 Å². The number of ether oxygens (including phenoxy) is 1. The molecule has 0 aliphatic heterocycles. The molecule has 0 aliphatic rings. The summed E-state index contributed by atoms with van der Waals surface area (Å²) in [5.74, 6) is 5.76. The third-order valence-corrected chi connectivity index (χ3v) is 2.27. The van der Waals surface area contributed by atoms with Crippen LogP contribution in [0.5, 0.6) is 5.75 Å². The average Bonchev–Trinajstić information content (AvgIpc) is 2.09. The van der Waals surface area contributed by atoms with Crippen molar-refractivity contribution in [2.75, 3.05) is 7.11 Å². The molecule has 13 heavy (non-hydrogen) atoms. The summed E-state index contributed by atoms with van der Waals surface area (Å²) in [5, 5.41) is 0. The Labute approximate surface area is 91.7 Å². The molecule has 0 radical (unpaired) electrons. The van der Waals surface area contributed by atoms with Gasteiger partial charge in [-0.1, -0.05) is 15.9 Å². The van der Waals surface area contributed by atoms with Crippen molar-refractivity contribution in [2.24, 2.45) is 5.90 Å². The minimum atomic E-state index is 0. The van der Waals surface area contributed by atoms with E-state index in [4.69, 9.17) is 10.6 Å². The maximum atomic E-state index is 5.04. The monoisotopic (exact) mass is 267 g/mol. The van der Waals surface area contributed by atoms with Gasteiger partial charge in [0.05, 0.1) is 13.7 Å². The first-order chi connectivity index (χ1) is 5.77. The molecular weight excluding hydrogens is 257 g/mol. The summed E-state index contributed by atoms with van der Waals surface area (Å²) in [5.41, 5.74) is 0.969. The Kier molecular flexibility index (Phi) is 6.07. The van der Waals surface area contributed by atoms with Gasteiger partial charge in [-0.25, -0.2) is 5.90 Å². The van der Waals surface area contributed by atoms with Crippen LogP contribution in [0.4, 0.5) is 0 Å². The van der Waals surface area contributed by atoms with E-state index in [2.05, 4.69) is 20.8 Å². The van der Waals surface area contributed by atoms with Crippen LogP contribution in [0.2, 0.25) is 0 Å². The Hall–Kier alpha value is -0.290. The lowest BCUT2D eigenvalue weighted by molar-refractivity contribution is 0.123. The smallest absolute Gasteiger partial charge is 0.119 e. The van der Waals surface area contributed by atoms with Crippen LogP contribution >= 0.6 is 28.3 Å². The van der Waals surface area contributed by atoms with Gasteiger partial charge in [-0.15, -0.1) is 12.4 Å². The normalized spacial score (nSPS) is 9.15. The molecule has 2 N–H and O–H groups in total. The molecule has 0 aromatic heterocycles. The molecule has 0 saturated heterocycles. The zero-order valence-electron chi connectivity index (χ0n) is 7.12. The number of rotatable bonds is 3. The molecule has 0 unspecified atom stereocenters. The lowest BCUT2D eigenvalue weighted by atomic mass is 10.2. The Balaban J connectivity index is 0.00000144. The maximum Gasteiger partial charge on any atom is 0.119 e. The van der Waals surface area contributed by atoms with E-state index in [1.54, 1.807) is 7.11 Å². The lowest BCUT2D eigenvalue weighted by Gasteiger charge is -2.05. The predicted molar refractivity (Wildman–Crippen MR) is 56.9 cm³/mol. The van der Waals surface area contributed by atoms with E-state index in [0.29, 0.717) is 6.61 Å². The molecule has 0 amide bonds. The molecule has 0 aliphatic carbocycles. The Morgan fingerprint density at radius 3 is 2.69 bits per heavy atom. The van der Waals surface area contributed by atoms with E-state index in [1.165, 1.54) is 0 Å². The Bertz CT molecular complexity index is 270. The van der Waals surface area contributed by atoms with Crippen LogP contribution in [0, 0.1) is 0 Å². The van der Waals surface area contributed by atoms with E-state index in [0.717, 1.165) is 15.8 Å². The highest BCUT2D eigenvalue weighted by atomic mass is 79.9. The van der Waals surface area contributed by atoms with Crippen LogP contribution in [0.1, 0.15) is 5.56 Å². The van der Waals surface area contributed by atoms with E-state index in [1.807, 2.05) is 18.2 Å². The molecule has 5 heteroatoms. The predicted octanol–water partition coefficient (Wildman–Crippen LogP) is 2.27. The Morgan fingerprint density at radius 2 is 2.15 bits per heavy atom. The third kappa shape index (κ3) is 3.52. The summed E-state index contributed by atoms with van der Waals surface area (Å²) in [6, 6.07) is 5.63. The number of hydrogen-bond acceptors (Lipinski definition) is 3. The molecule has 0 saturated carbocycles. The molecule has 1 rings (SSSR count). The van der Waals surface area contributed by atoms with Crippen molar-refractivity contribution in [1.82, 2.24) is 0 Å². The first-order valence-electron chi connectivity index (χ1n) is 3.42. The van der Waals surface area contributed by atoms with Gasteiger partial charge in [-0.2, -0.15) is 0 Å². The van der Waals surface area contributed by atoms with Crippen molar-refractivity contribution < 1.29 is 9.57 Å². The number of methoxy groups -OCH3 is 1. The maximum absolute atomic E-state index is 5.04. The molecule has 1 aromatic rings. The lowest BCUT2D eigenvalue weighted by Crippen LogP contribution is -1.99. The number of nitrogens with two attached hydrogens (primary N) is 1. The summed E-state index contributed by atoms with van der Waals surface area (Å²) in [4.78, 5) is 4.52. The molecule has 0 bridgehead atoms. The number of hydrogen-bond donors (Lipinski definition) is 1. The molecule has 1 aromatic carbocycles. The van der Waals surface area contributed by atoms with Gasteiger partial charge in [0.1, 0.15) is 5.75 Å². The fourth-order valence-corrected chi connectivity index (χ4v) is 1.24. The van der Waals surface area contributed by atoms with Crippen LogP contribution in [0.3, 0.4) is 0 Å².